The molecule has 0 unspecified atom stereocenters. The average Bonchev–Trinajstić information content (AvgIpc) is 2.87. The number of hydrogen-bond donors (Lipinski definition) is 2. The van der Waals surface area contributed by atoms with E-state index in [1.807, 2.05) is 5.43 Å². The van der Waals surface area contributed by atoms with E-state index < -0.39 is 28.5 Å². The Morgan fingerprint density at radius 2 is 1.84 bits per heavy atom. The Morgan fingerprint density at radius 3 is 2.50 bits per heavy atom. The first kappa shape index (κ1) is 27.6. The molecule has 0 aliphatic heterocycles. The van der Waals surface area contributed by atoms with E-state index in [9.17, 15) is 32.9 Å². The normalized spacial score (nSPS) is 11.2. The third kappa shape index (κ3) is 7.29. The van der Waals surface area contributed by atoms with Crippen molar-refractivity contribution < 1.29 is 37.2 Å². The molecule has 10 nitrogen and oxygen atoms in total. The minimum absolute atomic E-state index is 0.0290. The fourth-order valence-corrected chi connectivity index (χ4v) is 3.25. The zero-order valence-electron chi connectivity index (χ0n) is 20.0. The molecule has 0 atom stereocenters. The summed E-state index contributed by atoms with van der Waals surface area (Å²) in [5.74, 6) is -1.49. The Labute approximate surface area is 214 Å². The monoisotopic (exact) mass is 530 g/mol. The number of carbonyl (C=O) groups is 2. The predicted octanol–water partition coefficient (Wildman–Crippen LogP) is 4.60. The van der Waals surface area contributed by atoms with Crippen LogP contribution in [0.2, 0.25) is 0 Å². The number of rotatable bonds is 8. The molecule has 3 aromatic carbocycles. The minimum atomic E-state index is -4.60. The van der Waals surface area contributed by atoms with Gasteiger partial charge in [0.2, 0.25) is 0 Å². The topological polar surface area (TPSA) is 132 Å². The number of hydrazone groups is 1. The first-order chi connectivity index (χ1) is 18.0. The van der Waals surface area contributed by atoms with Crippen molar-refractivity contribution in [1.82, 2.24) is 5.43 Å². The molecular formula is C25H21F3N4O6. The molecule has 0 radical (unpaired) electrons. The van der Waals surface area contributed by atoms with Gasteiger partial charge in [0.15, 0.2) is 0 Å². The first-order valence-electron chi connectivity index (χ1n) is 10.8. The summed E-state index contributed by atoms with van der Waals surface area (Å²) in [5, 5.41) is 16.8. The van der Waals surface area contributed by atoms with Crippen LogP contribution in [-0.2, 0) is 22.4 Å². The highest BCUT2D eigenvalue weighted by Crippen LogP contribution is 2.30. The zero-order valence-corrected chi connectivity index (χ0v) is 20.0. The van der Waals surface area contributed by atoms with Gasteiger partial charge in [-0.3, -0.25) is 19.7 Å². The second-order valence-corrected chi connectivity index (χ2v) is 7.80. The van der Waals surface area contributed by atoms with Gasteiger partial charge in [-0.2, -0.15) is 18.3 Å². The number of methoxy groups -OCH3 is 1. The number of amides is 2. The molecule has 2 amide bonds. The molecule has 0 aromatic heterocycles. The van der Waals surface area contributed by atoms with Crippen LogP contribution in [0.1, 0.15) is 22.3 Å². The number of halogens is 3. The number of aryl methyl sites for hydroxylation is 1. The van der Waals surface area contributed by atoms with E-state index in [1.54, 1.807) is 25.1 Å². The van der Waals surface area contributed by atoms with Crippen LogP contribution < -0.4 is 20.2 Å². The summed E-state index contributed by atoms with van der Waals surface area (Å²) >= 11 is 0. The van der Waals surface area contributed by atoms with E-state index in [4.69, 9.17) is 9.47 Å². The summed E-state index contributed by atoms with van der Waals surface area (Å²) in [5.41, 5.74) is 2.33. The molecule has 0 saturated heterocycles. The lowest BCUT2D eigenvalue weighted by atomic mass is 10.1. The number of nitro groups is 1. The minimum Gasteiger partial charge on any atom is -0.496 e. The number of nitrogens with one attached hydrogen (secondary N) is 2. The fraction of sp³-hybridized carbons (Fsp3) is 0.160. The van der Waals surface area contributed by atoms with Crippen molar-refractivity contribution in [1.29, 1.82) is 0 Å². The average molecular weight is 530 g/mol. The maximum Gasteiger partial charge on any atom is 0.416 e. The van der Waals surface area contributed by atoms with Gasteiger partial charge >= 0.3 is 18.0 Å². The van der Waals surface area contributed by atoms with Crippen molar-refractivity contribution in [3.05, 3.63) is 93.0 Å². The first-order valence-corrected chi connectivity index (χ1v) is 10.8. The van der Waals surface area contributed by atoms with Crippen molar-refractivity contribution in [2.45, 2.75) is 19.7 Å². The van der Waals surface area contributed by atoms with E-state index in [0.717, 1.165) is 12.1 Å². The summed E-state index contributed by atoms with van der Waals surface area (Å²) in [6.45, 7) is 1.64. The lowest BCUT2D eigenvalue weighted by Crippen LogP contribution is -2.32. The zero-order chi connectivity index (χ0) is 27.9. The molecule has 38 heavy (non-hydrogen) atoms. The Kier molecular flexibility index (Phi) is 8.63. The molecule has 0 spiro atoms. The van der Waals surface area contributed by atoms with Gasteiger partial charge in [-0.25, -0.2) is 5.43 Å². The molecule has 2 N–H and O–H groups in total. The van der Waals surface area contributed by atoms with Crippen LogP contribution in [0.15, 0.2) is 65.8 Å². The van der Waals surface area contributed by atoms with Crippen LogP contribution >= 0.6 is 0 Å². The van der Waals surface area contributed by atoms with E-state index in [1.165, 1.54) is 37.6 Å². The maximum absolute atomic E-state index is 12.8. The van der Waals surface area contributed by atoms with Gasteiger partial charge in [0, 0.05) is 22.9 Å². The molecule has 0 saturated carbocycles. The van der Waals surface area contributed by atoms with Crippen LogP contribution in [0, 0.1) is 17.0 Å². The van der Waals surface area contributed by atoms with E-state index in [2.05, 4.69) is 10.4 Å². The summed E-state index contributed by atoms with van der Waals surface area (Å²) < 4.78 is 49.5. The highest BCUT2D eigenvalue weighted by Gasteiger charge is 2.30. The Morgan fingerprint density at radius 1 is 1.08 bits per heavy atom. The number of hydrogen-bond acceptors (Lipinski definition) is 7. The van der Waals surface area contributed by atoms with Crippen LogP contribution in [0.3, 0.4) is 0 Å². The smallest absolute Gasteiger partial charge is 0.416 e. The van der Waals surface area contributed by atoms with E-state index in [0.29, 0.717) is 34.3 Å². The van der Waals surface area contributed by atoms with Crippen molar-refractivity contribution in [2.24, 2.45) is 5.10 Å². The molecule has 0 heterocycles. The van der Waals surface area contributed by atoms with Crippen molar-refractivity contribution in [3.63, 3.8) is 0 Å². The highest BCUT2D eigenvalue weighted by atomic mass is 19.4. The third-order valence-corrected chi connectivity index (χ3v) is 5.10. The van der Waals surface area contributed by atoms with Gasteiger partial charge in [-0.05, 0) is 61.0 Å². The number of ether oxygens (including phenoxy) is 2. The summed E-state index contributed by atoms with van der Waals surface area (Å²) in [4.78, 5) is 34.5. The summed E-state index contributed by atoms with van der Waals surface area (Å²) in [7, 11) is 1.46. The van der Waals surface area contributed by atoms with Crippen LogP contribution in [-0.4, -0.2) is 30.1 Å². The second-order valence-electron chi connectivity index (χ2n) is 7.80. The molecule has 3 aromatic rings. The summed E-state index contributed by atoms with van der Waals surface area (Å²) in [6, 6.07) is 13.1. The Hall–Kier alpha value is -4.94. The van der Waals surface area contributed by atoms with Gasteiger partial charge in [0.25, 0.3) is 5.69 Å². The van der Waals surface area contributed by atoms with Crippen LogP contribution in [0.4, 0.5) is 24.5 Å². The lowest BCUT2D eigenvalue weighted by Gasteiger charge is -2.11. The molecule has 0 fully saturated rings. The number of nitrogens with zero attached hydrogens (tertiary/aromatic N) is 2. The fourth-order valence-electron chi connectivity index (χ4n) is 3.25. The van der Waals surface area contributed by atoms with E-state index >= 15 is 0 Å². The van der Waals surface area contributed by atoms with Crippen molar-refractivity contribution in [3.8, 4) is 11.5 Å². The lowest BCUT2D eigenvalue weighted by molar-refractivity contribution is -0.385. The van der Waals surface area contributed by atoms with Crippen molar-refractivity contribution >= 4 is 29.4 Å². The largest absolute Gasteiger partial charge is 0.496 e. The van der Waals surface area contributed by atoms with E-state index in [-0.39, 0.29) is 18.0 Å². The van der Waals surface area contributed by atoms with Gasteiger partial charge in [-0.15, -0.1) is 0 Å². The van der Waals surface area contributed by atoms with Gasteiger partial charge in [0.05, 0.1) is 23.8 Å². The van der Waals surface area contributed by atoms with Crippen molar-refractivity contribution in [2.75, 3.05) is 12.4 Å². The molecule has 0 bridgehead atoms. The second kappa shape index (κ2) is 11.9. The molecule has 0 aliphatic carbocycles. The summed E-state index contributed by atoms with van der Waals surface area (Å²) in [6.07, 6.45) is -3.36. The molecule has 198 valence electrons. The van der Waals surface area contributed by atoms with Crippen LogP contribution in [0.5, 0.6) is 11.5 Å². The number of nitro benzene ring substituents is 1. The Balaban J connectivity index is 1.62. The molecule has 13 heteroatoms. The Bertz CT molecular complexity index is 1390. The van der Waals surface area contributed by atoms with Gasteiger partial charge in [-0.1, -0.05) is 6.07 Å². The molecule has 3 rings (SSSR count). The molecule has 0 aliphatic rings. The maximum atomic E-state index is 12.8. The standard InChI is InChI=1S/C25H21F3N4O6/c1-15-10-20(7-8-21(15)32(35)36)38-14-17-11-16(6-9-22(17)37-2)13-29-31-24(34)23(33)30-19-5-3-4-18(12-19)25(26,27)28/h3-13H,14H2,1-2H3,(H,30,33)(H,31,34)/b29-13+. The third-order valence-electron chi connectivity index (χ3n) is 5.10. The van der Waals surface area contributed by atoms with Gasteiger partial charge in [0.1, 0.15) is 18.1 Å². The SMILES string of the molecule is COc1ccc(/C=N/NC(=O)C(=O)Nc2cccc(C(F)(F)F)c2)cc1COc1ccc([N+](=O)[O-])c(C)c1. The number of alkyl halides is 3. The highest BCUT2D eigenvalue weighted by molar-refractivity contribution is 6.39. The molecular weight excluding hydrogens is 509 g/mol. The quantitative estimate of drug-likeness (QED) is 0.189. The number of anilines is 1. The van der Waals surface area contributed by atoms with Crippen LogP contribution in [0.25, 0.3) is 0 Å². The number of carbonyl (C=O) groups excluding carboxylic acids is 2. The predicted molar refractivity (Wildman–Crippen MR) is 131 cm³/mol. The number of benzene rings is 3. The van der Waals surface area contributed by atoms with Gasteiger partial charge < -0.3 is 14.8 Å².